The summed E-state index contributed by atoms with van der Waals surface area (Å²) in [6, 6.07) is 5.79. The number of rotatable bonds is 3. The number of Topliss-reactive ketones (excluding diaryl/α,β-unsaturated/α-hetero) is 1. The molecule has 1 aliphatic rings. The Kier molecular flexibility index (Phi) is 3.70. The molecule has 1 aromatic heterocycles. The Bertz CT molecular complexity index is 341. The lowest BCUT2D eigenvalue weighted by Gasteiger charge is -2.23. The van der Waals surface area contributed by atoms with E-state index < -0.39 is 0 Å². The van der Waals surface area contributed by atoms with Gasteiger partial charge in [0, 0.05) is 12.1 Å². The Balaban J connectivity index is 2.04. The second-order valence-electron chi connectivity index (χ2n) is 4.71. The van der Waals surface area contributed by atoms with Crippen LogP contribution in [0, 0.1) is 5.92 Å². The topological polar surface area (TPSA) is 30.0 Å². The monoisotopic (exact) mass is 217 g/mol. The molecule has 86 valence electrons. The quantitative estimate of drug-likeness (QED) is 0.777. The predicted molar refractivity (Wildman–Crippen MR) is 64.2 cm³/mol. The fourth-order valence-corrected chi connectivity index (χ4v) is 2.52. The lowest BCUT2D eigenvalue weighted by atomic mass is 9.81. The minimum atomic E-state index is -0.0377. The maximum absolute atomic E-state index is 12.3. The van der Waals surface area contributed by atoms with E-state index in [0.717, 1.165) is 18.5 Å². The summed E-state index contributed by atoms with van der Waals surface area (Å²) in [5.74, 6) is 0.633. The van der Waals surface area contributed by atoms with Gasteiger partial charge in [-0.1, -0.05) is 25.3 Å². The average molecular weight is 217 g/mol. The Morgan fingerprint density at radius 2 is 2.06 bits per heavy atom. The molecule has 0 amide bonds. The second kappa shape index (κ2) is 5.24. The highest BCUT2D eigenvalue weighted by Crippen LogP contribution is 2.29. The van der Waals surface area contributed by atoms with E-state index in [-0.39, 0.29) is 11.8 Å². The molecule has 0 N–H and O–H groups in total. The number of pyridine rings is 1. The van der Waals surface area contributed by atoms with Crippen molar-refractivity contribution in [2.45, 2.75) is 44.9 Å². The van der Waals surface area contributed by atoms with Gasteiger partial charge >= 0.3 is 0 Å². The van der Waals surface area contributed by atoms with Gasteiger partial charge in [0.05, 0.1) is 11.6 Å². The van der Waals surface area contributed by atoms with Gasteiger partial charge in [0.25, 0.3) is 0 Å². The molecular formula is C14H19NO. The molecular weight excluding hydrogens is 198 g/mol. The summed E-state index contributed by atoms with van der Waals surface area (Å²) < 4.78 is 0. The molecule has 1 atom stereocenters. The van der Waals surface area contributed by atoms with Gasteiger partial charge < -0.3 is 0 Å². The first-order chi connectivity index (χ1) is 7.79. The number of hydrogen-bond acceptors (Lipinski definition) is 2. The number of carbonyl (C=O) groups is 1. The number of ketones is 1. The molecule has 1 fully saturated rings. The fraction of sp³-hybridized carbons (Fsp3) is 0.571. The smallest absolute Gasteiger partial charge is 0.144 e. The Morgan fingerprint density at radius 1 is 1.31 bits per heavy atom. The minimum absolute atomic E-state index is 0.0377. The van der Waals surface area contributed by atoms with Crippen molar-refractivity contribution in [2.24, 2.45) is 5.92 Å². The highest BCUT2D eigenvalue weighted by atomic mass is 16.1. The maximum atomic E-state index is 12.3. The van der Waals surface area contributed by atoms with E-state index in [9.17, 15) is 4.79 Å². The Morgan fingerprint density at radius 3 is 2.69 bits per heavy atom. The Labute approximate surface area is 97.1 Å². The molecule has 2 heteroatoms. The van der Waals surface area contributed by atoms with Crippen molar-refractivity contribution in [1.29, 1.82) is 0 Å². The van der Waals surface area contributed by atoms with Crippen LogP contribution in [0.3, 0.4) is 0 Å². The standard InChI is InChI=1S/C14H19NO/c1-11(13-9-5-6-10-15-13)14(16)12-7-3-2-4-8-12/h5-6,9-12H,2-4,7-8H2,1H3. The lowest BCUT2D eigenvalue weighted by Crippen LogP contribution is -2.23. The van der Waals surface area contributed by atoms with E-state index in [1.165, 1.54) is 19.3 Å². The molecule has 0 aliphatic heterocycles. The zero-order chi connectivity index (χ0) is 11.4. The third-order valence-electron chi connectivity index (χ3n) is 3.57. The minimum Gasteiger partial charge on any atom is -0.299 e. The first kappa shape index (κ1) is 11.3. The van der Waals surface area contributed by atoms with Crippen molar-refractivity contribution in [3.63, 3.8) is 0 Å². The SMILES string of the molecule is CC(C(=O)C1CCCCC1)c1ccccn1. The molecule has 16 heavy (non-hydrogen) atoms. The van der Waals surface area contributed by atoms with Crippen LogP contribution in [-0.4, -0.2) is 10.8 Å². The first-order valence-corrected chi connectivity index (χ1v) is 6.23. The van der Waals surface area contributed by atoms with Crippen LogP contribution in [0.25, 0.3) is 0 Å². The van der Waals surface area contributed by atoms with Crippen LogP contribution in [0.2, 0.25) is 0 Å². The maximum Gasteiger partial charge on any atom is 0.144 e. The summed E-state index contributed by atoms with van der Waals surface area (Å²) in [7, 11) is 0. The largest absolute Gasteiger partial charge is 0.299 e. The summed E-state index contributed by atoms with van der Waals surface area (Å²) >= 11 is 0. The van der Waals surface area contributed by atoms with Crippen LogP contribution in [0.15, 0.2) is 24.4 Å². The van der Waals surface area contributed by atoms with E-state index in [4.69, 9.17) is 0 Å². The summed E-state index contributed by atoms with van der Waals surface area (Å²) in [5, 5.41) is 0. The van der Waals surface area contributed by atoms with Crippen molar-refractivity contribution < 1.29 is 4.79 Å². The van der Waals surface area contributed by atoms with Gasteiger partial charge in [0.15, 0.2) is 0 Å². The highest BCUT2D eigenvalue weighted by Gasteiger charge is 2.26. The van der Waals surface area contributed by atoms with Crippen LogP contribution in [-0.2, 0) is 4.79 Å². The summed E-state index contributed by atoms with van der Waals surface area (Å²) in [6.45, 7) is 1.99. The average Bonchev–Trinajstić information content (AvgIpc) is 2.39. The van der Waals surface area contributed by atoms with Gasteiger partial charge in [0.2, 0.25) is 0 Å². The van der Waals surface area contributed by atoms with Gasteiger partial charge in [-0.25, -0.2) is 0 Å². The van der Waals surface area contributed by atoms with Crippen LogP contribution in [0.1, 0.15) is 50.6 Å². The van der Waals surface area contributed by atoms with Crippen molar-refractivity contribution in [3.05, 3.63) is 30.1 Å². The van der Waals surface area contributed by atoms with E-state index in [1.807, 2.05) is 25.1 Å². The molecule has 0 spiro atoms. The summed E-state index contributed by atoms with van der Waals surface area (Å²) in [4.78, 5) is 16.5. The van der Waals surface area contributed by atoms with Gasteiger partial charge in [-0.05, 0) is 31.9 Å². The van der Waals surface area contributed by atoms with Crippen molar-refractivity contribution >= 4 is 5.78 Å². The van der Waals surface area contributed by atoms with E-state index in [1.54, 1.807) is 6.20 Å². The van der Waals surface area contributed by atoms with Crippen LogP contribution < -0.4 is 0 Å². The zero-order valence-corrected chi connectivity index (χ0v) is 9.86. The summed E-state index contributed by atoms with van der Waals surface area (Å²) in [5.41, 5.74) is 0.915. The number of hydrogen-bond donors (Lipinski definition) is 0. The molecule has 1 saturated carbocycles. The predicted octanol–water partition coefficient (Wildman–Crippen LogP) is 3.33. The Hall–Kier alpha value is -1.18. The molecule has 1 aliphatic carbocycles. The van der Waals surface area contributed by atoms with E-state index >= 15 is 0 Å². The molecule has 0 radical (unpaired) electrons. The third kappa shape index (κ3) is 2.49. The highest BCUT2D eigenvalue weighted by molar-refractivity contribution is 5.87. The number of nitrogens with zero attached hydrogens (tertiary/aromatic N) is 1. The van der Waals surface area contributed by atoms with Crippen molar-refractivity contribution in [2.75, 3.05) is 0 Å². The third-order valence-corrected chi connectivity index (χ3v) is 3.57. The summed E-state index contributed by atoms with van der Waals surface area (Å²) in [6.07, 6.45) is 7.64. The van der Waals surface area contributed by atoms with Gasteiger partial charge in [-0.2, -0.15) is 0 Å². The van der Waals surface area contributed by atoms with Crippen LogP contribution >= 0.6 is 0 Å². The molecule has 2 nitrogen and oxygen atoms in total. The number of aromatic nitrogens is 1. The molecule has 0 saturated heterocycles. The number of carbonyl (C=O) groups excluding carboxylic acids is 1. The van der Waals surface area contributed by atoms with Gasteiger partial charge in [0.1, 0.15) is 5.78 Å². The molecule has 1 unspecified atom stereocenters. The molecule has 1 aromatic rings. The first-order valence-electron chi connectivity index (χ1n) is 6.23. The van der Waals surface area contributed by atoms with Crippen molar-refractivity contribution in [3.8, 4) is 0 Å². The second-order valence-corrected chi connectivity index (χ2v) is 4.71. The molecule has 1 heterocycles. The van der Waals surface area contributed by atoms with Gasteiger partial charge in [-0.15, -0.1) is 0 Å². The normalized spacial score (nSPS) is 19.3. The fourth-order valence-electron chi connectivity index (χ4n) is 2.52. The lowest BCUT2D eigenvalue weighted by molar-refractivity contribution is -0.125. The van der Waals surface area contributed by atoms with Crippen LogP contribution in [0.4, 0.5) is 0 Å². The van der Waals surface area contributed by atoms with Crippen LogP contribution in [0.5, 0.6) is 0 Å². The van der Waals surface area contributed by atoms with E-state index in [2.05, 4.69) is 4.98 Å². The molecule has 2 rings (SSSR count). The van der Waals surface area contributed by atoms with Gasteiger partial charge in [-0.3, -0.25) is 9.78 Å². The zero-order valence-electron chi connectivity index (χ0n) is 9.86. The van der Waals surface area contributed by atoms with Crippen molar-refractivity contribution in [1.82, 2.24) is 4.98 Å². The van der Waals surface area contributed by atoms with E-state index in [0.29, 0.717) is 5.78 Å². The molecule has 0 bridgehead atoms. The molecule has 0 aromatic carbocycles.